The molecule has 1 aliphatic rings. The molecule has 1 fully saturated rings. The van der Waals surface area contributed by atoms with Gasteiger partial charge in [0.1, 0.15) is 0 Å². The molecule has 3 N–H and O–H groups in total. The molecule has 2 aromatic rings. The van der Waals surface area contributed by atoms with Crippen molar-refractivity contribution in [1.82, 2.24) is 15.4 Å². The van der Waals surface area contributed by atoms with Crippen LogP contribution in [0.3, 0.4) is 0 Å². The van der Waals surface area contributed by atoms with Crippen LogP contribution in [-0.2, 0) is 0 Å². The molecule has 1 unspecified atom stereocenters. The van der Waals surface area contributed by atoms with Crippen LogP contribution < -0.4 is 10.8 Å². The van der Waals surface area contributed by atoms with Crippen LogP contribution in [-0.4, -0.2) is 21.1 Å². The van der Waals surface area contributed by atoms with E-state index in [2.05, 4.69) is 15.3 Å². The first kappa shape index (κ1) is 14.4. The lowest BCUT2D eigenvalue weighted by Crippen LogP contribution is -2.20. The fourth-order valence-electron chi connectivity index (χ4n) is 2.30. The molecule has 114 valence electrons. The van der Waals surface area contributed by atoms with Gasteiger partial charge in [-0.25, -0.2) is 14.9 Å². The normalized spacial score (nSPS) is 15.2. The molecule has 6 nitrogen and oxygen atoms in total. The predicted octanol–water partition coefficient (Wildman–Crippen LogP) is 2.30. The number of amides is 1. The van der Waals surface area contributed by atoms with Crippen molar-refractivity contribution >= 4 is 11.7 Å². The second-order valence-corrected chi connectivity index (χ2v) is 5.21. The highest BCUT2D eigenvalue weighted by molar-refractivity contribution is 5.93. The van der Waals surface area contributed by atoms with Crippen LogP contribution in [0.5, 0.6) is 0 Å². The zero-order chi connectivity index (χ0) is 15.5. The van der Waals surface area contributed by atoms with Crippen molar-refractivity contribution in [2.45, 2.75) is 18.9 Å². The summed E-state index contributed by atoms with van der Waals surface area (Å²) in [5, 5.41) is 11.6. The Kier molecular flexibility index (Phi) is 3.97. The molecular formula is C15H15FN4O2. The van der Waals surface area contributed by atoms with E-state index in [0.29, 0.717) is 5.92 Å². The molecular weight excluding hydrogens is 287 g/mol. The van der Waals surface area contributed by atoms with E-state index in [-0.39, 0.29) is 17.4 Å². The lowest BCUT2D eigenvalue weighted by atomic mass is 10.1. The summed E-state index contributed by atoms with van der Waals surface area (Å²) >= 11 is 0. The number of hydrogen-bond acceptors (Lipinski definition) is 5. The average molecular weight is 302 g/mol. The van der Waals surface area contributed by atoms with E-state index >= 15 is 0 Å². The molecule has 0 radical (unpaired) electrons. The monoisotopic (exact) mass is 302 g/mol. The van der Waals surface area contributed by atoms with E-state index in [1.165, 1.54) is 11.7 Å². The summed E-state index contributed by atoms with van der Waals surface area (Å²) in [5.41, 5.74) is 2.23. The Labute approximate surface area is 126 Å². The Morgan fingerprint density at radius 3 is 2.77 bits per heavy atom. The lowest BCUT2D eigenvalue weighted by Gasteiger charge is -2.18. The summed E-state index contributed by atoms with van der Waals surface area (Å²) < 4.78 is 14.1. The highest BCUT2D eigenvalue weighted by Gasteiger charge is 2.33. The van der Waals surface area contributed by atoms with Crippen molar-refractivity contribution in [3.63, 3.8) is 0 Å². The van der Waals surface area contributed by atoms with Crippen LogP contribution in [0.4, 0.5) is 10.2 Å². The summed E-state index contributed by atoms with van der Waals surface area (Å²) in [6.07, 6.45) is 5.02. The molecule has 2 aromatic heterocycles. The fraction of sp³-hybridized carbons (Fsp3) is 0.267. The summed E-state index contributed by atoms with van der Waals surface area (Å²) in [6, 6.07) is 6.53. The third kappa shape index (κ3) is 3.04. The maximum absolute atomic E-state index is 14.1. The second kappa shape index (κ2) is 6.07. The van der Waals surface area contributed by atoms with Gasteiger partial charge in [-0.05, 0) is 37.0 Å². The molecule has 0 aromatic carbocycles. The maximum atomic E-state index is 14.1. The molecule has 0 spiro atoms. The van der Waals surface area contributed by atoms with Crippen LogP contribution in [0, 0.1) is 11.7 Å². The van der Waals surface area contributed by atoms with Gasteiger partial charge in [0.05, 0.1) is 17.3 Å². The largest absolute Gasteiger partial charge is 0.359 e. The quantitative estimate of drug-likeness (QED) is 0.583. The molecule has 0 bridgehead atoms. The number of nitrogens with zero attached hydrogens (tertiary/aromatic N) is 2. The number of carbonyl (C=O) groups excluding carboxylic acids is 1. The van der Waals surface area contributed by atoms with Crippen LogP contribution in [0.15, 0.2) is 36.7 Å². The third-order valence-corrected chi connectivity index (χ3v) is 3.60. The van der Waals surface area contributed by atoms with Gasteiger partial charge in [-0.1, -0.05) is 6.07 Å². The molecule has 2 heterocycles. The molecule has 3 rings (SSSR count). The Balaban J connectivity index is 1.83. The maximum Gasteiger partial charge on any atom is 0.276 e. The van der Waals surface area contributed by atoms with Gasteiger partial charge < -0.3 is 5.32 Å². The number of hydroxylamine groups is 1. The van der Waals surface area contributed by atoms with Gasteiger partial charge in [0.2, 0.25) is 0 Å². The first-order valence-corrected chi connectivity index (χ1v) is 6.96. The number of aromatic nitrogens is 2. The minimum Gasteiger partial charge on any atom is -0.359 e. The van der Waals surface area contributed by atoms with Crippen molar-refractivity contribution in [1.29, 1.82) is 0 Å². The van der Waals surface area contributed by atoms with Crippen molar-refractivity contribution < 1.29 is 14.4 Å². The molecule has 1 saturated carbocycles. The fourth-order valence-corrected chi connectivity index (χ4v) is 2.30. The second-order valence-electron chi connectivity index (χ2n) is 5.21. The Bertz CT molecular complexity index is 676. The molecule has 1 aliphatic carbocycles. The molecule has 1 atom stereocenters. The number of carbonyl (C=O) groups is 1. The van der Waals surface area contributed by atoms with Gasteiger partial charge in [-0.3, -0.25) is 15.0 Å². The standard InChI is InChI=1S/C15H15FN4O2/c16-11-7-10(15(21)20-22)8-18-14(11)19-13(9-4-5-9)12-3-1-2-6-17-12/h1-3,6-9,13,22H,4-5H2,(H,18,19)(H,20,21). The van der Waals surface area contributed by atoms with Crippen LogP contribution in [0.1, 0.15) is 34.9 Å². The van der Waals surface area contributed by atoms with Crippen LogP contribution in [0.25, 0.3) is 0 Å². The lowest BCUT2D eigenvalue weighted by molar-refractivity contribution is 0.0705. The van der Waals surface area contributed by atoms with Gasteiger partial charge in [0.15, 0.2) is 11.6 Å². The van der Waals surface area contributed by atoms with Crippen molar-refractivity contribution in [2.75, 3.05) is 5.32 Å². The molecule has 1 amide bonds. The molecule has 0 aliphatic heterocycles. The number of pyridine rings is 2. The topological polar surface area (TPSA) is 87.1 Å². The highest BCUT2D eigenvalue weighted by Crippen LogP contribution is 2.42. The van der Waals surface area contributed by atoms with Crippen LogP contribution in [0.2, 0.25) is 0 Å². The van der Waals surface area contributed by atoms with Crippen molar-refractivity contribution in [3.05, 3.63) is 53.7 Å². The summed E-state index contributed by atoms with van der Waals surface area (Å²) in [5.74, 6) is -0.988. The Hall–Kier alpha value is -2.54. The number of hydrogen-bond donors (Lipinski definition) is 3. The Morgan fingerprint density at radius 1 is 1.36 bits per heavy atom. The first-order chi connectivity index (χ1) is 10.7. The zero-order valence-electron chi connectivity index (χ0n) is 11.7. The third-order valence-electron chi connectivity index (χ3n) is 3.60. The molecule has 22 heavy (non-hydrogen) atoms. The van der Waals surface area contributed by atoms with Crippen molar-refractivity contribution in [3.8, 4) is 0 Å². The summed E-state index contributed by atoms with van der Waals surface area (Å²) in [4.78, 5) is 19.5. The highest BCUT2D eigenvalue weighted by atomic mass is 19.1. The van der Waals surface area contributed by atoms with Gasteiger partial charge in [-0.2, -0.15) is 0 Å². The molecule has 7 heteroatoms. The minimum atomic E-state index is -0.804. The number of rotatable bonds is 5. The SMILES string of the molecule is O=C(NO)c1cnc(NC(c2ccccn2)C2CC2)c(F)c1. The van der Waals surface area contributed by atoms with Gasteiger partial charge in [0, 0.05) is 12.4 Å². The van der Waals surface area contributed by atoms with Gasteiger partial charge in [0.25, 0.3) is 5.91 Å². The van der Waals surface area contributed by atoms with Crippen LogP contribution >= 0.6 is 0 Å². The van der Waals surface area contributed by atoms with Gasteiger partial charge >= 0.3 is 0 Å². The predicted molar refractivity (Wildman–Crippen MR) is 76.8 cm³/mol. The van der Waals surface area contributed by atoms with E-state index in [1.807, 2.05) is 18.2 Å². The Morgan fingerprint density at radius 2 is 2.18 bits per heavy atom. The van der Waals surface area contributed by atoms with Crippen molar-refractivity contribution in [2.24, 2.45) is 5.92 Å². The van der Waals surface area contributed by atoms with Gasteiger partial charge in [-0.15, -0.1) is 0 Å². The number of halogens is 1. The number of nitrogens with one attached hydrogen (secondary N) is 2. The van der Waals surface area contributed by atoms with E-state index in [9.17, 15) is 9.18 Å². The average Bonchev–Trinajstić information content (AvgIpc) is 3.38. The van der Waals surface area contributed by atoms with E-state index < -0.39 is 11.7 Å². The van der Waals surface area contributed by atoms with E-state index in [1.54, 1.807) is 6.20 Å². The summed E-state index contributed by atoms with van der Waals surface area (Å²) in [7, 11) is 0. The van der Waals surface area contributed by atoms with E-state index in [0.717, 1.165) is 24.6 Å². The minimum absolute atomic E-state index is 0.0497. The summed E-state index contributed by atoms with van der Waals surface area (Å²) in [6.45, 7) is 0. The zero-order valence-corrected chi connectivity index (χ0v) is 11.7. The smallest absolute Gasteiger partial charge is 0.276 e. The molecule has 0 saturated heterocycles. The first-order valence-electron chi connectivity index (χ1n) is 6.96. The number of anilines is 1. The van der Waals surface area contributed by atoms with E-state index in [4.69, 9.17) is 5.21 Å².